The third-order valence-corrected chi connectivity index (χ3v) is 12.6. The summed E-state index contributed by atoms with van der Waals surface area (Å²) in [4.78, 5) is 11.4. The van der Waals surface area contributed by atoms with E-state index in [0.717, 1.165) is 62.5 Å². The van der Waals surface area contributed by atoms with Gasteiger partial charge in [0.25, 0.3) is 0 Å². The van der Waals surface area contributed by atoms with Gasteiger partial charge in [-0.05, 0) is 52.7 Å². The Kier molecular flexibility index (Phi) is 16.4. The van der Waals surface area contributed by atoms with E-state index < -0.39 is 15.0 Å². The molecule has 0 amide bonds. The maximum atomic E-state index is 14.5. The van der Waals surface area contributed by atoms with Gasteiger partial charge in [0.05, 0.1) is 5.30 Å². The summed E-state index contributed by atoms with van der Waals surface area (Å²) < 4.78 is 34.6. The molecule has 37 heavy (non-hydrogen) atoms. The van der Waals surface area contributed by atoms with E-state index in [4.69, 9.17) is 4.31 Å². The molecule has 1 aromatic rings. The Balaban J connectivity index is 0. The van der Waals surface area contributed by atoms with E-state index in [-0.39, 0.29) is 53.6 Å². The van der Waals surface area contributed by atoms with Crippen molar-refractivity contribution in [1.29, 1.82) is 0 Å². The van der Waals surface area contributed by atoms with Crippen LogP contribution >= 0.6 is 15.0 Å². The van der Waals surface area contributed by atoms with E-state index in [0.29, 0.717) is 17.6 Å². The molecule has 0 saturated carbocycles. The zero-order valence-electron chi connectivity index (χ0n) is 27.0. The van der Waals surface area contributed by atoms with Crippen molar-refractivity contribution in [3.63, 3.8) is 0 Å². The maximum absolute atomic E-state index is 14.5. The molecule has 0 heterocycles. The van der Waals surface area contributed by atoms with Crippen molar-refractivity contribution in [2.75, 3.05) is 12.3 Å². The molecule has 0 fully saturated rings. The van der Waals surface area contributed by atoms with Crippen LogP contribution in [0.4, 0.5) is 0 Å². The Morgan fingerprint density at radius 1 is 0.838 bits per heavy atom. The van der Waals surface area contributed by atoms with Crippen LogP contribution in [0.2, 0.25) is 0 Å². The Bertz CT molecular complexity index is 886. The van der Waals surface area contributed by atoms with Gasteiger partial charge in [0, 0.05) is 12.3 Å². The van der Waals surface area contributed by atoms with E-state index in [9.17, 15) is 14.0 Å². The van der Waals surface area contributed by atoms with Crippen LogP contribution < -0.4 is 34.9 Å². The van der Waals surface area contributed by atoms with Gasteiger partial charge in [0.2, 0.25) is 7.37 Å². The Morgan fingerprint density at radius 2 is 1.30 bits per heavy atom. The largest absolute Gasteiger partial charge is 1.00 e. The van der Waals surface area contributed by atoms with Crippen LogP contribution in [0.15, 0.2) is 18.2 Å². The zero-order chi connectivity index (χ0) is 27.8. The van der Waals surface area contributed by atoms with Crippen molar-refractivity contribution in [3.8, 4) is 0 Å². The quantitative estimate of drug-likeness (QED) is 0.185. The van der Waals surface area contributed by atoms with Crippen molar-refractivity contribution in [1.82, 2.24) is 0 Å². The predicted molar refractivity (Wildman–Crippen MR) is 159 cm³/mol. The van der Waals surface area contributed by atoms with Gasteiger partial charge in [-0.2, -0.15) is 0 Å². The zero-order valence-corrected chi connectivity index (χ0v) is 29.8. The van der Waals surface area contributed by atoms with Crippen molar-refractivity contribution in [2.24, 2.45) is 11.8 Å². The number of rotatable bonds is 15. The monoisotopic (exact) mass is 566 g/mol. The summed E-state index contributed by atoms with van der Waals surface area (Å²) in [5, 5.41) is 0.298. The minimum atomic E-state index is -4.32. The van der Waals surface area contributed by atoms with Crippen LogP contribution in [-0.4, -0.2) is 17.2 Å². The van der Waals surface area contributed by atoms with Gasteiger partial charge in [-0.1, -0.05) is 120 Å². The SMILES string of the molecule is CCCCC(CC)CP(=O)(CC(CC)CCCC)OP(=O)(O)c1ccc(C(C)(C)C)cc1C(C)(C)C.[H-].[Na+]. The fourth-order valence-corrected chi connectivity index (χ4v) is 10.9. The van der Waals surface area contributed by atoms with Crippen molar-refractivity contribution in [3.05, 3.63) is 29.3 Å². The van der Waals surface area contributed by atoms with E-state index >= 15 is 0 Å². The molecular weight excluding hydrogens is 509 g/mol. The molecular formula is C30H57NaO4P2. The molecule has 0 radical (unpaired) electrons. The fraction of sp³-hybridized carbons (Fsp3) is 0.800. The molecule has 1 aromatic carbocycles. The second kappa shape index (κ2) is 16.1. The normalized spacial score (nSPS) is 17.4. The van der Waals surface area contributed by atoms with Gasteiger partial charge < -0.3 is 6.32 Å². The summed E-state index contributed by atoms with van der Waals surface area (Å²) in [5.41, 5.74) is 1.46. The molecule has 0 bridgehead atoms. The number of hydrogen-bond donors (Lipinski definition) is 1. The van der Waals surface area contributed by atoms with Gasteiger partial charge in [0.15, 0.2) is 0 Å². The molecule has 0 aliphatic heterocycles. The minimum absolute atomic E-state index is 0. The van der Waals surface area contributed by atoms with Crippen LogP contribution in [0, 0.1) is 11.8 Å². The number of hydrogen-bond acceptors (Lipinski definition) is 3. The molecule has 3 unspecified atom stereocenters. The van der Waals surface area contributed by atoms with Crippen LogP contribution in [0.1, 0.15) is 133 Å². The predicted octanol–water partition coefficient (Wildman–Crippen LogP) is 6.94. The Hall–Kier alpha value is 0.600. The van der Waals surface area contributed by atoms with Crippen LogP contribution in [0.25, 0.3) is 0 Å². The van der Waals surface area contributed by atoms with Crippen LogP contribution in [0.3, 0.4) is 0 Å². The molecule has 0 aliphatic carbocycles. The first kappa shape index (κ1) is 37.6. The second-order valence-corrected chi connectivity index (χ2v) is 17.4. The van der Waals surface area contributed by atoms with Crippen molar-refractivity contribution < 1.29 is 49.3 Å². The molecule has 0 aromatic heterocycles. The second-order valence-electron chi connectivity index (χ2n) is 12.8. The summed E-state index contributed by atoms with van der Waals surface area (Å²) in [5.74, 6) is 0.481. The standard InChI is InChI=1S/C30H56O4P2.Na.H/c1-11-15-17-24(13-3)22-35(31,23-25(14-4)18-16-12-2)34-36(32,33)28-20-19-26(29(5,6)7)21-27(28)30(8,9)10;;/h19-21,24-25H,11-18,22-23H2,1-10H3,(H,32,33);;/q;+1;-1. The van der Waals surface area contributed by atoms with E-state index in [2.05, 4.69) is 48.5 Å². The summed E-state index contributed by atoms with van der Waals surface area (Å²) in [7, 11) is -7.68. The number of benzene rings is 1. The molecule has 0 aliphatic rings. The average Bonchev–Trinajstić information content (AvgIpc) is 2.77. The molecule has 1 N–H and O–H groups in total. The van der Waals surface area contributed by atoms with Crippen molar-refractivity contribution in [2.45, 2.75) is 131 Å². The first-order chi connectivity index (χ1) is 16.5. The third-order valence-electron chi connectivity index (χ3n) is 7.39. The van der Waals surface area contributed by atoms with Gasteiger partial charge >= 0.3 is 37.2 Å². The first-order valence-electron chi connectivity index (χ1n) is 14.3. The van der Waals surface area contributed by atoms with E-state index in [1.165, 1.54) is 0 Å². The smallest absolute Gasteiger partial charge is 1.00 e. The maximum Gasteiger partial charge on any atom is 1.00 e. The molecule has 0 spiro atoms. The van der Waals surface area contributed by atoms with Crippen LogP contribution in [-0.2, 0) is 24.3 Å². The van der Waals surface area contributed by atoms with E-state index in [1.54, 1.807) is 6.07 Å². The average molecular weight is 567 g/mol. The first-order valence-corrected chi connectivity index (χ1v) is 17.9. The van der Waals surface area contributed by atoms with Gasteiger partial charge in [-0.3, -0.25) is 9.13 Å². The van der Waals surface area contributed by atoms with E-state index in [1.807, 2.05) is 32.9 Å². The van der Waals surface area contributed by atoms with Gasteiger partial charge in [0.1, 0.15) is 0 Å². The molecule has 7 heteroatoms. The molecule has 1 rings (SSSR count). The van der Waals surface area contributed by atoms with Gasteiger partial charge in [-0.25, -0.2) is 4.31 Å². The Labute approximate surface area is 253 Å². The molecule has 3 atom stereocenters. The summed E-state index contributed by atoms with van der Waals surface area (Å²) >= 11 is 0. The van der Waals surface area contributed by atoms with Gasteiger partial charge in [-0.15, -0.1) is 0 Å². The molecule has 212 valence electrons. The van der Waals surface area contributed by atoms with Crippen LogP contribution in [0.5, 0.6) is 0 Å². The summed E-state index contributed by atoms with van der Waals surface area (Å²) in [6, 6.07) is 5.71. The topological polar surface area (TPSA) is 63.6 Å². The third kappa shape index (κ3) is 12.3. The summed E-state index contributed by atoms with van der Waals surface area (Å²) in [6.07, 6.45) is 8.88. The summed E-state index contributed by atoms with van der Waals surface area (Å²) in [6.45, 7) is 21.1. The molecule has 4 nitrogen and oxygen atoms in total. The Morgan fingerprint density at radius 3 is 1.65 bits per heavy atom. The number of unbranched alkanes of at least 4 members (excludes halogenated alkanes) is 2. The minimum Gasteiger partial charge on any atom is -1.00 e. The molecule has 0 saturated heterocycles. The van der Waals surface area contributed by atoms with Crippen molar-refractivity contribution >= 4 is 20.3 Å². The fourth-order valence-electron chi connectivity index (χ4n) is 4.86.